The number of nitrogens with zero attached hydrogens (tertiary/aromatic N) is 6. The van der Waals surface area contributed by atoms with Crippen molar-refractivity contribution in [3.05, 3.63) is 156 Å². The Balaban J connectivity index is 0.000000186. The van der Waals surface area contributed by atoms with E-state index >= 15 is 0 Å². The molecule has 10 rings (SSSR count). The second-order valence-electron chi connectivity index (χ2n) is 22.8. The van der Waals surface area contributed by atoms with Crippen LogP contribution in [-0.4, -0.2) is 138 Å². The number of carbonyl (C=O) groups excluding carboxylic acids is 4. The van der Waals surface area contributed by atoms with Gasteiger partial charge in [0, 0.05) is 62.0 Å². The molecular weight excluding hydrogens is 957 g/mol. The molecule has 4 atom stereocenters. The number of hydrogen-bond donors (Lipinski definition) is 2. The van der Waals surface area contributed by atoms with E-state index in [4.69, 9.17) is 9.47 Å². The van der Waals surface area contributed by atoms with Crippen LogP contribution in [0.25, 0.3) is 33.9 Å². The zero-order valence-electron chi connectivity index (χ0n) is 45.3. The SMILES string of the molecule is Cc1cc(C(=O)N2CCN(C(=O)OC(C)(C)C)C[C@H]2[C@@H](O)C2CC2)c(-c2ccccc2)n1-c1ccccc1.Cc1cc(C(=O)N2CCN(C(=O)OC(C)(C)C)C[C@H]2[C@H](O)C2CC2)c(-c2ccccc2)n1-c1ccccc1. The molecule has 76 heavy (non-hydrogen) atoms. The number of carbonyl (C=O) groups is 4. The summed E-state index contributed by atoms with van der Waals surface area (Å²) in [5.74, 6) is 0.0432. The molecule has 0 radical (unpaired) electrons. The molecule has 0 unspecified atom stereocenters. The second kappa shape index (κ2) is 22.2. The Hall–Kier alpha value is -7.16. The third kappa shape index (κ3) is 12.1. The monoisotopic (exact) mass is 1030 g/mol. The van der Waals surface area contributed by atoms with Gasteiger partial charge in [-0.25, -0.2) is 9.59 Å². The summed E-state index contributed by atoms with van der Waals surface area (Å²) in [5.41, 5.74) is 7.36. The quantitative estimate of drug-likeness (QED) is 0.138. The predicted molar refractivity (Wildman–Crippen MR) is 295 cm³/mol. The van der Waals surface area contributed by atoms with Crippen LogP contribution in [0.2, 0.25) is 0 Å². The molecule has 6 aromatic rings. The summed E-state index contributed by atoms with van der Waals surface area (Å²) in [5, 5.41) is 22.5. The van der Waals surface area contributed by atoms with Crippen molar-refractivity contribution in [3.8, 4) is 33.9 Å². The first-order valence-electron chi connectivity index (χ1n) is 26.9. The summed E-state index contributed by atoms with van der Waals surface area (Å²) >= 11 is 0. The van der Waals surface area contributed by atoms with E-state index in [-0.39, 0.29) is 36.7 Å². The molecule has 4 fully saturated rings. The molecular formula is C62H74N6O8. The van der Waals surface area contributed by atoms with E-state index in [9.17, 15) is 29.4 Å². The van der Waals surface area contributed by atoms with Crippen LogP contribution in [0.1, 0.15) is 99.3 Å². The van der Waals surface area contributed by atoms with Gasteiger partial charge in [0.2, 0.25) is 0 Å². The van der Waals surface area contributed by atoms with Gasteiger partial charge in [0.25, 0.3) is 11.8 Å². The Kier molecular flexibility index (Phi) is 15.7. The van der Waals surface area contributed by atoms with Crippen LogP contribution < -0.4 is 0 Å². The summed E-state index contributed by atoms with van der Waals surface area (Å²) in [7, 11) is 0. The highest BCUT2D eigenvalue weighted by molar-refractivity contribution is 6.02. The average Bonchev–Trinajstić information content (AvgIpc) is 4.42. The van der Waals surface area contributed by atoms with E-state index < -0.39 is 47.7 Å². The maximum absolute atomic E-state index is 14.3. The van der Waals surface area contributed by atoms with Gasteiger partial charge in [0.05, 0.1) is 46.8 Å². The number of piperazine rings is 2. The standard InChI is InChI=1S/2C31H37N3O4/c2*1-21-19-25(27(22-11-7-5-8-12-22)34(21)24-13-9-6-10-14-24)29(36)33-18-17-32(30(37)38-31(2,3)4)20-26(33)28(35)23-15-16-23/h2*5-14,19,23,26,28,35H,15-18,20H2,1-4H3/t26-,28+;26-,28-/m00/s1. The first-order chi connectivity index (χ1) is 36.3. The third-order valence-corrected chi connectivity index (χ3v) is 14.6. The van der Waals surface area contributed by atoms with Crippen LogP contribution >= 0.6 is 0 Å². The zero-order chi connectivity index (χ0) is 54.1. The van der Waals surface area contributed by atoms with Gasteiger partial charge in [-0.2, -0.15) is 0 Å². The van der Waals surface area contributed by atoms with Crippen molar-refractivity contribution in [2.45, 2.75) is 117 Å². The zero-order valence-corrected chi connectivity index (χ0v) is 45.3. The fourth-order valence-corrected chi connectivity index (χ4v) is 10.7. The number of rotatable bonds is 10. The number of aliphatic hydroxyl groups is 2. The lowest BCUT2D eigenvalue weighted by molar-refractivity contribution is -0.0239. The van der Waals surface area contributed by atoms with Crippen molar-refractivity contribution >= 4 is 24.0 Å². The largest absolute Gasteiger partial charge is 0.444 e. The van der Waals surface area contributed by atoms with E-state index in [1.54, 1.807) is 19.6 Å². The lowest BCUT2D eigenvalue weighted by Crippen LogP contribution is -2.61. The Morgan fingerprint density at radius 2 is 0.803 bits per heavy atom. The van der Waals surface area contributed by atoms with Gasteiger partial charge in [-0.1, -0.05) is 97.1 Å². The molecule has 400 valence electrons. The van der Waals surface area contributed by atoms with Crippen LogP contribution in [0.15, 0.2) is 133 Å². The smallest absolute Gasteiger partial charge is 0.410 e. The van der Waals surface area contributed by atoms with Crippen LogP contribution in [0.3, 0.4) is 0 Å². The number of aryl methyl sites for hydroxylation is 2. The maximum atomic E-state index is 14.3. The van der Waals surface area contributed by atoms with E-state index in [0.717, 1.165) is 71.0 Å². The number of aliphatic hydroxyl groups excluding tert-OH is 2. The summed E-state index contributed by atoms with van der Waals surface area (Å²) in [6.07, 6.45) is 1.54. The number of ether oxygens (including phenoxy) is 2. The maximum Gasteiger partial charge on any atom is 0.410 e. The van der Waals surface area contributed by atoms with Crippen molar-refractivity contribution in [3.63, 3.8) is 0 Å². The number of amides is 4. The van der Waals surface area contributed by atoms with Crippen LogP contribution in [0.4, 0.5) is 9.59 Å². The Morgan fingerprint density at radius 1 is 0.487 bits per heavy atom. The number of para-hydroxylation sites is 2. The Labute approximate surface area is 447 Å². The van der Waals surface area contributed by atoms with E-state index in [1.165, 1.54) is 0 Å². The lowest BCUT2D eigenvalue weighted by atomic mass is 9.99. The molecule has 4 aliphatic rings. The third-order valence-electron chi connectivity index (χ3n) is 14.6. The van der Waals surface area contributed by atoms with E-state index in [0.29, 0.717) is 37.3 Å². The first kappa shape index (κ1) is 53.7. The summed E-state index contributed by atoms with van der Waals surface area (Å²) < 4.78 is 15.4. The molecule has 14 nitrogen and oxygen atoms in total. The summed E-state index contributed by atoms with van der Waals surface area (Å²) in [6.45, 7) is 16.9. The van der Waals surface area contributed by atoms with Gasteiger partial charge in [-0.15, -0.1) is 0 Å². The minimum absolute atomic E-state index is 0.129. The van der Waals surface area contributed by atoms with Crippen LogP contribution in [-0.2, 0) is 9.47 Å². The molecule has 2 saturated carbocycles. The fourth-order valence-electron chi connectivity index (χ4n) is 10.7. The lowest BCUT2D eigenvalue weighted by Gasteiger charge is -2.43. The molecule has 2 aliphatic heterocycles. The van der Waals surface area contributed by atoms with Gasteiger partial charge in [-0.3, -0.25) is 9.59 Å². The fraction of sp³-hybridized carbons (Fsp3) is 0.419. The molecule has 2 saturated heterocycles. The molecule has 4 amide bonds. The normalized spacial score (nSPS) is 18.8. The number of aromatic nitrogens is 2. The van der Waals surface area contributed by atoms with Crippen molar-refractivity contribution in [1.82, 2.24) is 28.7 Å². The van der Waals surface area contributed by atoms with Crippen molar-refractivity contribution in [2.75, 3.05) is 39.3 Å². The van der Waals surface area contributed by atoms with Crippen molar-refractivity contribution < 1.29 is 38.9 Å². The van der Waals surface area contributed by atoms with Gasteiger partial charge >= 0.3 is 12.2 Å². The molecule has 4 heterocycles. The molecule has 0 bridgehead atoms. The number of benzene rings is 4. The summed E-state index contributed by atoms with van der Waals surface area (Å²) in [6, 6.07) is 42.8. The Morgan fingerprint density at radius 3 is 1.11 bits per heavy atom. The van der Waals surface area contributed by atoms with Gasteiger partial charge in [0.15, 0.2) is 0 Å². The van der Waals surface area contributed by atoms with Gasteiger partial charge in [0.1, 0.15) is 11.2 Å². The molecule has 14 heteroatoms. The number of hydrogen-bond acceptors (Lipinski definition) is 8. The van der Waals surface area contributed by atoms with Crippen LogP contribution in [0, 0.1) is 25.7 Å². The minimum Gasteiger partial charge on any atom is -0.444 e. The topological polar surface area (TPSA) is 150 Å². The van der Waals surface area contributed by atoms with Crippen molar-refractivity contribution in [1.29, 1.82) is 0 Å². The highest BCUT2D eigenvalue weighted by Gasteiger charge is 2.46. The van der Waals surface area contributed by atoms with E-state index in [2.05, 4.69) is 9.13 Å². The first-order valence-corrected chi connectivity index (χ1v) is 26.9. The second-order valence-corrected chi connectivity index (χ2v) is 22.8. The van der Waals surface area contributed by atoms with Gasteiger partial charge in [-0.05, 0) is 140 Å². The Bertz CT molecular complexity index is 2790. The molecule has 2 N–H and O–H groups in total. The molecule has 2 aromatic heterocycles. The highest BCUT2D eigenvalue weighted by Crippen LogP contribution is 2.40. The van der Waals surface area contributed by atoms with Crippen molar-refractivity contribution in [2.24, 2.45) is 11.8 Å². The molecule has 2 aliphatic carbocycles. The molecule has 4 aromatic carbocycles. The predicted octanol–water partition coefficient (Wildman–Crippen LogP) is 10.6. The highest BCUT2D eigenvalue weighted by atomic mass is 16.6. The van der Waals surface area contributed by atoms with E-state index in [1.807, 2.05) is 189 Å². The van der Waals surface area contributed by atoms with Gasteiger partial charge < -0.3 is 48.4 Å². The summed E-state index contributed by atoms with van der Waals surface area (Å²) in [4.78, 5) is 61.2. The minimum atomic E-state index is -0.693. The average molecular weight is 1030 g/mol. The van der Waals surface area contributed by atoms with Crippen LogP contribution in [0.5, 0.6) is 0 Å². The molecule has 0 spiro atoms.